The number of ether oxygens (including phenoxy) is 1. The fourth-order valence-electron chi connectivity index (χ4n) is 2.30. The SMILES string of the molecule is Cc1oc(CNC(=O)N2CCCOC(C)C2)cc1C(=O)O. The lowest BCUT2D eigenvalue weighted by Crippen LogP contribution is -2.42. The lowest BCUT2D eigenvalue weighted by Gasteiger charge is -2.22. The summed E-state index contributed by atoms with van der Waals surface area (Å²) in [5, 5.41) is 11.7. The van der Waals surface area contributed by atoms with E-state index < -0.39 is 5.97 Å². The average molecular weight is 296 g/mol. The van der Waals surface area contributed by atoms with Gasteiger partial charge in [0.15, 0.2) is 0 Å². The van der Waals surface area contributed by atoms with Crippen molar-refractivity contribution in [2.75, 3.05) is 19.7 Å². The van der Waals surface area contributed by atoms with Crippen LogP contribution < -0.4 is 5.32 Å². The van der Waals surface area contributed by atoms with Gasteiger partial charge < -0.3 is 24.5 Å². The molecule has 2 N–H and O–H groups in total. The number of hydrogen-bond acceptors (Lipinski definition) is 4. The molecule has 0 aliphatic carbocycles. The van der Waals surface area contributed by atoms with Crippen LogP contribution in [-0.2, 0) is 11.3 Å². The second-order valence-corrected chi connectivity index (χ2v) is 5.13. The molecule has 2 amide bonds. The molecule has 116 valence electrons. The third-order valence-electron chi connectivity index (χ3n) is 3.35. The summed E-state index contributed by atoms with van der Waals surface area (Å²) < 4.78 is 10.8. The van der Waals surface area contributed by atoms with Gasteiger partial charge in [0.1, 0.15) is 17.1 Å². The number of nitrogens with zero attached hydrogens (tertiary/aromatic N) is 1. The zero-order valence-corrected chi connectivity index (χ0v) is 12.2. The quantitative estimate of drug-likeness (QED) is 0.884. The minimum Gasteiger partial charge on any atom is -0.478 e. The molecule has 7 heteroatoms. The summed E-state index contributed by atoms with van der Waals surface area (Å²) in [5.41, 5.74) is 0.121. The average Bonchev–Trinajstić information content (AvgIpc) is 2.66. The molecular weight excluding hydrogens is 276 g/mol. The van der Waals surface area contributed by atoms with Gasteiger partial charge in [-0.25, -0.2) is 9.59 Å². The van der Waals surface area contributed by atoms with Gasteiger partial charge in [0.2, 0.25) is 0 Å². The number of urea groups is 1. The van der Waals surface area contributed by atoms with Gasteiger partial charge in [-0.3, -0.25) is 0 Å². The lowest BCUT2D eigenvalue weighted by molar-refractivity contribution is 0.0694. The smallest absolute Gasteiger partial charge is 0.339 e. The highest BCUT2D eigenvalue weighted by Crippen LogP contribution is 2.14. The van der Waals surface area contributed by atoms with E-state index in [1.807, 2.05) is 6.92 Å². The van der Waals surface area contributed by atoms with E-state index in [4.69, 9.17) is 14.3 Å². The Labute approximate surface area is 122 Å². The van der Waals surface area contributed by atoms with Crippen molar-refractivity contribution in [1.82, 2.24) is 10.2 Å². The molecule has 21 heavy (non-hydrogen) atoms. The van der Waals surface area contributed by atoms with E-state index in [0.29, 0.717) is 31.2 Å². The van der Waals surface area contributed by atoms with Crippen LogP contribution in [0.5, 0.6) is 0 Å². The minimum absolute atomic E-state index is 0.0164. The van der Waals surface area contributed by atoms with Gasteiger partial charge in [-0.05, 0) is 26.3 Å². The summed E-state index contributed by atoms with van der Waals surface area (Å²) in [7, 11) is 0. The Balaban J connectivity index is 1.91. The minimum atomic E-state index is -1.03. The highest BCUT2D eigenvalue weighted by Gasteiger charge is 2.20. The first kappa shape index (κ1) is 15.4. The summed E-state index contributed by atoms with van der Waals surface area (Å²) >= 11 is 0. The maximum atomic E-state index is 12.1. The highest BCUT2D eigenvalue weighted by molar-refractivity contribution is 5.88. The van der Waals surface area contributed by atoms with Crippen molar-refractivity contribution in [1.29, 1.82) is 0 Å². The van der Waals surface area contributed by atoms with E-state index in [1.54, 1.807) is 11.8 Å². The first-order valence-corrected chi connectivity index (χ1v) is 6.94. The Kier molecular flexibility index (Phi) is 4.85. The predicted octanol–water partition coefficient (Wildman–Crippen LogP) is 1.61. The summed E-state index contributed by atoms with van der Waals surface area (Å²) in [5.74, 6) is -0.270. The van der Waals surface area contributed by atoms with Gasteiger partial charge in [0, 0.05) is 19.7 Å². The molecule has 0 spiro atoms. The van der Waals surface area contributed by atoms with Crippen molar-refractivity contribution in [2.24, 2.45) is 0 Å². The Bertz CT molecular complexity index is 525. The van der Waals surface area contributed by atoms with Crippen molar-refractivity contribution in [3.05, 3.63) is 23.2 Å². The number of amides is 2. The fraction of sp³-hybridized carbons (Fsp3) is 0.571. The molecule has 1 saturated heterocycles. The molecule has 2 heterocycles. The number of carboxylic acid groups (broad SMARTS) is 1. The predicted molar refractivity (Wildman–Crippen MR) is 74.2 cm³/mol. The zero-order chi connectivity index (χ0) is 15.4. The molecular formula is C14H20N2O5. The van der Waals surface area contributed by atoms with Crippen LogP contribution in [0.3, 0.4) is 0 Å². The van der Waals surface area contributed by atoms with Crippen molar-refractivity contribution in [2.45, 2.75) is 32.9 Å². The zero-order valence-electron chi connectivity index (χ0n) is 12.2. The number of furan rings is 1. The Morgan fingerprint density at radius 3 is 2.95 bits per heavy atom. The van der Waals surface area contributed by atoms with Crippen LogP contribution in [0, 0.1) is 6.92 Å². The lowest BCUT2D eigenvalue weighted by atomic mass is 10.2. The maximum Gasteiger partial charge on any atom is 0.339 e. The molecule has 1 fully saturated rings. The normalized spacial score (nSPS) is 19.1. The molecule has 0 bridgehead atoms. The van der Waals surface area contributed by atoms with Crippen LogP contribution in [0.25, 0.3) is 0 Å². The molecule has 1 unspecified atom stereocenters. The number of rotatable bonds is 3. The molecule has 1 aromatic rings. The van der Waals surface area contributed by atoms with Gasteiger partial charge >= 0.3 is 12.0 Å². The maximum absolute atomic E-state index is 12.1. The van der Waals surface area contributed by atoms with E-state index in [1.165, 1.54) is 6.07 Å². The number of carboxylic acids is 1. The number of hydrogen-bond donors (Lipinski definition) is 2. The second-order valence-electron chi connectivity index (χ2n) is 5.13. The van der Waals surface area contributed by atoms with Crippen LogP contribution in [0.2, 0.25) is 0 Å². The van der Waals surface area contributed by atoms with Gasteiger partial charge in [-0.1, -0.05) is 0 Å². The van der Waals surface area contributed by atoms with Gasteiger partial charge in [0.25, 0.3) is 0 Å². The second kappa shape index (κ2) is 6.62. The molecule has 1 atom stereocenters. The molecule has 0 saturated carbocycles. The van der Waals surface area contributed by atoms with E-state index >= 15 is 0 Å². The van der Waals surface area contributed by atoms with Gasteiger partial charge in [-0.2, -0.15) is 0 Å². The number of nitrogens with one attached hydrogen (secondary N) is 1. The van der Waals surface area contributed by atoms with Crippen molar-refractivity contribution < 1.29 is 23.8 Å². The number of aryl methyl sites for hydroxylation is 1. The third-order valence-corrected chi connectivity index (χ3v) is 3.35. The van der Waals surface area contributed by atoms with E-state index in [2.05, 4.69) is 5.32 Å². The van der Waals surface area contributed by atoms with Crippen LogP contribution in [-0.4, -0.2) is 47.8 Å². The molecule has 1 aliphatic rings. The van der Waals surface area contributed by atoms with Crippen molar-refractivity contribution in [3.63, 3.8) is 0 Å². The molecule has 2 rings (SSSR count). The van der Waals surface area contributed by atoms with E-state index in [-0.39, 0.29) is 24.2 Å². The standard InChI is InChI=1S/C14H20N2O5/c1-9-8-16(4-3-5-20-9)14(19)15-7-11-6-12(13(17)18)10(2)21-11/h6,9H,3-5,7-8H2,1-2H3,(H,15,19)(H,17,18). The molecule has 7 nitrogen and oxygen atoms in total. The number of carbonyl (C=O) groups excluding carboxylic acids is 1. The van der Waals surface area contributed by atoms with Gasteiger partial charge in [-0.15, -0.1) is 0 Å². The van der Waals surface area contributed by atoms with Crippen LogP contribution in [0.4, 0.5) is 4.79 Å². The van der Waals surface area contributed by atoms with E-state index in [9.17, 15) is 9.59 Å². The Morgan fingerprint density at radius 2 is 2.29 bits per heavy atom. The largest absolute Gasteiger partial charge is 0.478 e. The number of carbonyl (C=O) groups is 2. The Hall–Kier alpha value is -2.02. The molecule has 0 radical (unpaired) electrons. The molecule has 0 aromatic carbocycles. The van der Waals surface area contributed by atoms with Crippen molar-refractivity contribution in [3.8, 4) is 0 Å². The topological polar surface area (TPSA) is 92.0 Å². The summed E-state index contributed by atoms with van der Waals surface area (Å²) in [6.45, 7) is 5.53. The molecule has 1 aromatic heterocycles. The first-order valence-electron chi connectivity index (χ1n) is 6.94. The first-order chi connectivity index (χ1) is 9.97. The summed E-state index contributed by atoms with van der Waals surface area (Å²) in [4.78, 5) is 24.7. The summed E-state index contributed by atoms with van der Waals surface area (Å²) in [6, 6.07) is 1.24. The summed E-state index contributed by atoms with van der Waals surface area (Å²) in [6.07, 6.45) is 0.823. The van der Waals surface area contributed by atoms with E-state index in [0.717, 1.165) is 6.42 Å². The fourth-order valence-corrected chi connectivity index (χ4v) is 2.30. The Morgan fingerprint density at radius 1 is 1.52 bits per heavy atom. The van der Waals surface area contributed by atoms with Gasteiger partial charge in [0.05, 0.1) is 12.6 Å². The molecule has 1 aliphatic heterocycles. The third kappa shape index (κ3) is 3.98. The van der Waals surface area contributed by atoms with Crippen LogP contribution in [0.15, 0.2) is 10.5 Å². The highest BCUT2D eigenvalue weighted by atomic mass is 16.5. The monoisotopic (exact) mass is 296 g/mol. The number of aromatic carboxylic acids is 1. The van der Waals surface area contributed by atoms with Crippen LogP contribution in [0.1, 0.15) is 35.2 Å². The van der Waals surface area contributed by atoms with Crippen molar-refractivity contribution >= 4 is 12.0 Å². The van der Waals surface area contributed by atoms with Crippen LogP contribution >= 0.6 is 0 Å².